The van der Waals surface area contributed by atoms with Crippen LogP contribution in [-0.2, 0) is 0 Å². The topological polar surface area (TPSA) is 21.6 Å². The van der Waals surface area contributed by atoms with Crippen molar-refractivity contribution in [1.29, 1.82) is 0 Å². The molecule has 5 heteroatoms. The molecule has 0 unspecified atom stereocenters. The molecule has 24 heavy (non-hydrogen) atoms. The van der Waals surface area contributed by atoms with Gasteiger partial charge in [-0.25, -0.2) is 0 Å². The number of hydrogen-bond acceptors (Lipinski definition) is 2. The zero-order valence-corrected chi connectivity index (χ0v) is 14.7. The van der Waals surface area contributed by atoms with Crippen LogP contribution in [0.15, 0.2) is 71.7 Å². The Hall–Kier alpha value is -2.00. The zero-order chi connectivity index (χ0) is 16.9. The molecular weight excluding hydrogens is 365 g/mol. The van der Waals surface area contributed by atoms with Gasteiger partial charge in [0, 0.05) is 22.9 Å². The average Bonchev–Trinajstić information content (AvgIpc) is 2.58. The zero-order valence-electron chi connectivity index (χ0n) is 12.4. The third-order valence-electron chi connectivity index (χ3n) is 3.23. The van der Waals surface area contributed by atoms with E-state index < -0.39 is 0 Å². The van der Waals surface area contributed by atoms with Crippen LogP contribution in [0.4, 0.5) is 5.69 Å². The van der Waals surface area contributed by atoms with Crippen LogP contribution in [0.2, 0.25) is 15.1 Å². The van der Waals surface area contributed by atoms with Gasteiger partial charge >= 0.3 is 0 Å². The van der Waals surface area contributed by atoms with E-state index in [0.717, 1.165) is 5.56 Å². The van der Waals surface area contributed by atoms with Crippen LogP contribution < -0.4 is 4.74 Å². The number of nitrogens with zero attached hydrogens (tertiary/aromatic N) is 1. The van der Waals surface area contributed by atoms with Gasteiger partial charge in [0.1, 0.15) is 11.5 Å². The molecule has 0 spiro atoms. The predicted octanol–water partition coefficient (Wildman–Crippen LogP) is 7.19. The Morgan fingerprint density at radius 1 is 0.750 bits per heavy atom. The molecule has 0 aliphatic heterocycles. The van der Waals surface area contributed by atoms with E-state index >= 15 is 0 Å². The molecule has 0 bridgehead atoms. The fourth-order valence-electron chi connectivity index (χ4n) is 2.05. The summed E-state index contributed by atoms with van der Waals surface area (Å²) in [5.41, 5.74) is 1.49. The van der Waals surface area contributed by atoms with Gasteiger partial charge in [-0.2, -0.15) is 0 Å². The van der Waals surface area contributed by atoms with Crippen LogP contribution in [0, 0.1) is 0 Å². The second-order valence-electron chi connectivity index (χ2n) is 4.92. The fraction of sp³-hybridized carbons (Fsp3) is 0. The molecular formula is C19H12Cl3NO. The fourth-order valence-corrected chi connectivity index (χ4v) is 2.55. The van der Waals surface area contributed by atoms with Crippen LogP contribution in [0.1, 0.15) is 5.56 Å². The first-order valence-corrected chi connectivity index (χ1v) is 8.27. The Bertz CT molecular complexity index is 893. The Morgan fingerprint density at radius 3 is 2.33 bits per heavy atom. The molecule has 3 rings (SSSR count). The van der Waals surface area contributed by atoms with Crippen molar-refractivity contribution >= 4 is 46.7 Å². The molecule has 0 aliphatic carbocycles. The van der Waals surface area contributed by atoms with E-state index in [1.54, 1.807) is 30.5 Å². The molecule has 3 aromatic rings. The van der Waals surface area contributed by atoms with Crippen molar-refractivity contribution in [3.05, 3.63) is 87.4 Å². The first-order chi connectivity index (χ1) is 11.6. The van der Waals surface area contributed by atoms with Gasteiger partial charge in [-0.3, -0.25) is 4.99 Å². The monoisotopic (exact) mass is 375 g/mol. The summed E-state index contributed by atoms with van der Waals surface area (Å²) in [5, 5.41) is 1.62. The SMILES string of the molecule is Clc1ccc(Cl)c(Oc2ccccc2C=Nc2ccccc2Cl)c1. The van der Waals surface area contributed by atoms with E-state index in [4.69, 9.17) is 39.5 Å². The number of hydrogen-bond donors (Lipinski definition) is 0. The molecule has 2 nitrogen and oxygen atoms in total. The molecule has 0 heterocycles. The van der Waals surface area contributed by atoms with E-state index in [-0.39, 0.29) is 0 Å². The second kappa shape index (κ2) is 7.71. The quantitative estimate of drug-likeness (QED) is 0.441. The first kappa shape index (κ1) is 16.8. The Kier molecular flexibility index (Phi) is 5.41. The predicted molar refractivity (Wildman–Crippen MR) is 102 cm³/mol. The van der Waals surface area contributed by atoms with Gasteiger partial charge < -0.3 is 4.74 Å². The Morgan fingerprint density at radius 2 is 1.50 bits per heavy atom. The normalized spacial score (nSPS) is 11.0. The highest BCUT2D eigenvalue weighted by Gasteiger charge is 2.07. The number of aliphatic imine (C=N–C) groups is 1. The van der Waals surface area contributed by atoms with Crippen molar-refractivity contribution < 1.29 is 4.74 Å². The largest absolute Gasteiger partial charge is 0.455 e. The summed E-state index contributed by atoms with van der Waals surface area (Å²) >= 11 is 18.3. The number of halogens is 3. The molecule has 0 atom stereocenters. The molecule has 0 saturated carbocycles. The number of benzene rings is 3. The summed E-state index contributed by atoms with van der Waals surface area (Å²) in [5.74, 6) is 1.11. The maximum Gasteiger partial charge on any atom is 0.147 e. The summed E-state index contributed by atoms with van der Waals surface area (Å²) in [6, 6.07) is 20.0. The van der Waals surface area contributed by atoms with Gasteiger partial charge in [0.15, 0.2) is 0 Å². The van der Waals surface area contributed by atoms with Gasteiger partial charge in [-0.15, -0.1) is 0 Å². The lowest BCUT2D eigenvalue weighted by molar-refractivity contribution is 0.482. The molecule has 0 fully saturated rings. The third-order valence-corrected chi connectivity index (χ3v) is 4.09. The lowest BCUT2D eigenvalue weighted by Gasteiger charge is -2.10. The van der Waals surface area contributed by atoms with Crippen molar-refractivity contribution in [3.8, 4) is 11.5 Å². The summed E-state index contributed by atoms with van der Waals surface area (Å²) in [6.07, 6.45) is 1.70. The van der Waals surface area contributed by atoms with Gasteiger partial charge in [0.2, 0.25) is 0 Å². The van der Waals surface area contributed by atoms with Crippen LogP contribution >= 0.6 is 34.8 Å². The van der Waals surface area contributed by atoms with Gasteiger partial charge in [0.05, 0.1) is 15.7 Å². The minimum atomic E-state index is 0.484. The third kappa shape index (κ3) is 4.09. The number of para-hydroxylation sites is 2. The minimum absolute atomic E-state index is 0.484. The summed E-state index contributed by atoms with van der Waals surface area (Å²) in [6.45, 7) is 0. The van der Waals surface area contributed by atoms with Crippen molar-refractivity contribution in [2.75, 3.05) is 0 Å². The molecule has 0 N–H and O–H groups in total. The van der Waals surface area contributed by atoms with Crippen LogP contribution in [-0.4, -0.2) is 6.21 Å². The van der Waals surface area contributed by atoms with Crippen molar-refractivity contribution in [1.82, 2.24) is 0 Å². The molecule has 120 valence electrons. The van der Waals surface area contributed by atoms with Gasteiger partial charge in [0.25, 0.3) is 0 Å². The number of rotatable bonds is 4. The number of ether oxygens (including phenoxy) is 1. The minimum Gasteiger partial charge on any atom is -0.455 e. The standard InChI is InChI=1S/C19H12Cl3NO/c20-14-9-10-16(22)19(11-14)24-18-8-4-1-5-13(18)12-23-17-7-3-2-6-15(17)21/h1-12H. The lowest BCUT2D eigenvalue weighted by atomic mass is 10.2. The van der Waals surface area contributed by atoms with Crippen LogP contribution in [0.5, 0.6) is 11.5 Å². The molecule has 0 amide bonds. The van der Waals surface area contributed by atoms with E-state index in [1.165, 1.54) is 0 Å². The molecule has 0 radical (unpaired) electrons. The molecule has 0 saturated heterocycles. The lowest BCUT2D eigenvalue weighted by Crippen LogP contribution is -1.91. The maximum absolute atomic E-state index is 6.16. The molecule has 3 aromatic carbocycles. The van der Waals surface area contributed by atoms with Crippen molar-refractivity contribution in [2.45, 2.75) is 0 Å². The first-order valence-electron chi connectivity index (χ1n) is 7.14. The van der Waals surface area contributed by atoms with Gasteiger partial charge in [-0.1, -0.05) is 59.1 Å². The van der Waals surface area contributed by atoms with E-state index in [1.807, 2.05) is 42.5 Å². The van der Waals surface area contributed by atoms with E-state index in [9.17, 15) is 0 Å². The van der Waals surface area contributed by atoms with Crippen molar-refractivity contribution in [2.24, 2.45) is 4.99 Å². The molecule has 0 aliphatic rings. The highest BCUT2D eigenvalue weighted by molar-refractivity contribution is 6.34. The van der Waals surface area contributed by atoms with Crippen LogP contribution in [0.3, 0.4) is 0 Å². The molecule has 0 aromatic heterocycles. The Balaban J connectivity index is 1.91. The summed E-state index contributed by atoms with van der Waals surface area (Å²) < 4.78 is 5.90. The van der Waals surface area contributed by atoms with E-state index in [2.05, 4.69) is 4.99 Å². The van der Waals surface area contributed by atoms with E-state index in [0.29, 0.717) is 32.3 Å². The highest BCUT2D eigenvalue weighted by Crippen LogP contribution is 2.33. The highest BCUT2D eigenvalue weighted by atomic mass is 35.5. The summed E-state index contributed by atoms with van der Waals surface area (Å²) in [7, 11) is 0. The van der Waals surface area contributed by atoms with Gasteiger partial charge in [-0.05, 0) is 36.4 Å². The summed E-state index contributed by atoms with van der Waals surface area (Å²) in [4.78, 5) is 4.42. The van der Waals surface area contributed by atoms with Crippen LogP contribution in [0.25, 0.3) is 0 Å². The maximum atomic E-state index is 6.16. The second-order valence-corrected chi connectivity index (χ2v) is 6.18. The Labute approximate surface area is 155 Å². The smallest absolute Gasteiger partial charge is 0.147 e. The van der Waals surface area contributed by atoms with Crippen molar-refractivity contribution in [3.63, 3.8) is 0 Å². The average molecular weight is 377 g/mol.